The summed E-state index contributed by atoms with van der Waals surface area (Å²) >= 11 is 0. The molecule has 8 nitrogen and oxygen atoms in total. The van der Waals surface area contributed by atoms with E-state index in [0.29, 0.717) is 6.42 Å². The molecule has 0 spiro atoms. The molecular formula is C10H19N3O5. The minimum Gasteiger partial charge on any atom is -0.480 e. The van der Waals surface area contributed by atoms with E-state index in [9.17, 15) is 14.4 Å². The van der Waals surface area contributed by atoms with E-state index in [0.717, 1.165) is 0 Å². The first-order chi connectivity index (χ1) is 8.23. The number of aliphatic hydroxyl groups excluding tert-OH is 1. The van der Waals surface area contributed by atoms with E-state index in [1.807, 2.05) is 0 Å². The van der Waals surface area contributed by atoms with Crippen LogP contribution in [0.1, 0.15) is 19.8 Å². The molecule has 8 heteroatoms. The summed E-state index contributed by atoms with van der Waals surface area (Å²) in [5, 5.41) is 20.0. The van der Waals surface area contributed by atoms with Crippen LogP contribution in [0, 0.1) is 0 Å². The van der Waals surface area contributed by atoms with Crippen LogP contribution in [0.3, 0.4) is 0 Å². The second kappa shape index (κ2) is 7.49. The molecule has 0 radical (unpaired) electrons. The first-order valence-corrected chi connectivity index (χ1v) is 5.44. The number of nitrogens with zero attached hydrogens (tertiary/aromatic N) is 1. The van der Waals surface area contributed by atoms with Gasteiger partial charge < -0.3 is 26.2 Å². The summed E-state index contributed by atoms with van der Waals surface area (Å²) in [5.41, 5.74) is 4.88. The zero-order valence-electron chi connectivity index (χ0n) is 10.4. The molecule has 104 valence electrons. The fourth-order valence-corrected chi connectivity index (χ4v) is 1.14. The van der Waals surface area contributed by atoms with Crippen LogP contribution >= 0.6 is 0 Å². The highest BCUT2D eigenvalue weighted by molar-refractivity contribution is 5.87. The maximum Gasteiger partial charge on any atom is 0.326 e. The van der Waals surface area contributed by atoms with Crippen LogP contribution in [-0.2, 0) is 9.59 Å². The van der Waals surface area contributed by atoms with Crippen molar-refractivity contribution in [3.05, 3.63) is 0 Å². The normalized spacial score (nSPS) is 13.5. The Morgan fingerprint density at radius 3 is 2.33 bits per heavy atom. The van der Waals surface area contributed by atoms with E-state index in [1.54, 1.807) is 6.92 Å². The highest BCUT2D eigenvalue weighted by atomic mass is 16.4. The fraction of sp³-hybridized carbons (Fsp3) is 0.700. The van der Waals surface area contributed by atoms with Gasteiger partial charge >= 0.3 is 12.0 Å². The van der Waals surface area contributed by atoms with Crippen molar-refractivity contribution in [1.82, 2.24) is 10.2 Å². The van der Waals surface area contributed by atoms with E-state index in [2.05, 4.69) is 5.32 Å². The van der Waals surface area contributed by atoms with Gasteiger partial charge in [0.15, 0.2) is 0 Å². The van der Waals surface area contributed by atoms with Crippen molar-refractivity contribution in [2.24, 2.45) is 5.73 Å². The summed E-state index contributed by atoms with van der Waals surface area (Å²) in [6.07, 6.45) is -0.649. The molecule has 0 aliphatic rings. The summed E-state index contributed by atoms with van der Waals surface area (Å²) in [4.78, 5) is 34.2. The zero-order chi connectivity index (χ0) is 14.3. The van der Waals surface area contributed by atoms with Crippen molar-refractivity contribution >= 4 is 17.9 Å². The molecule has 0 rings (SSSR count). The number of aliphatic carboxylic acids is 1. The van der Waals surface area contributed by atoms with E-state index >= 15 is 0 Å². The predicted molar refractivity (Wildman–Crippen MR) is 62.7 cm³/mol. The van der Waals surface area contributed by atoms with Crippen LogP contribution in [-0.4, -0.2) is 58.8 Å². The Labute approximate surface area is 105 Å². The van der Waals surface area contributed by atoms with Gasteiger partial charge in [0.1, 0.15) is 6.04 Å². The summed E-state index contributed by atoms with van der Waals surface area (Å²) in [6.45, 7) is 1.85. The van der Waals surface area contributed by atoms with E-state index in [1.165, 1.54) is 11.9 Å². The average molecular weight is 261 g/mol. The second-order valence-corrected chi connectivity index (χ2v) is 4.07. The number of aliphatic hydroxyl groups is 1. The minimum atomic E-state index is -1.34. The highest BCUT2D eigenvalue weighted by Gasteiger charge is 2.23. The molecule has 0 aromatic carbocycles. The molecule has 0 heterocycles. The molecule has 0 aliphatic carbocycles. The van der Waals surface area contributed by atoms with Crippen LogP contribution < -0.4 is 11.1 Å². The van der Waals surface area contributed by atoms with Crippen molar-refractivity contribution in [3.8, 4) is 0 Å². The van der Waals surface area contributed by atoms with Gasteiger partial charge in [0.2, 0.25) is 5.91 Å². The highest BCUT2D eigenvalue weighted by Crippen LogP contribution is 1.97. The number of nitrogens with one attached hydrogen (secondary N) is 1. The molecule has 0 bridgehead atoms. The molecule has 0 saturated heterocycles. The molecule has 0 aromatic rings. The van der Waals surface area contributed by atoms with Crippen LogP contribution in [0.2, 0.25) is 0 Å². The van der Waals surface area contributed by atoms with Gasteiger partial charge in [0.05, 0.1) is 12.5 Å². The molecule has 18 heavy (non-hydrogen) atoms. The van der Waals surface area contributed by atoms with E-state index in [4.69, 9.17) is 15.9 Å². The summed E-state index contributed by atoms with van der Waals surface area (Å²) in [7, 11) is 1.46. The number of hydrogen-bond acceptors (Lipinski definition) is 4. The number of nitrogens with two attached hydrogens (primary N) is 1. The van der Waals surface area contributed by atoms with Crippen LogP contribution in [0.5, 0.6) is 0 Å². The quantitative estimate of drug-likeness (QED) is 0.453. The predicted octanol–water partition coefficient (Wildman–Crippen LogP) is -1.27. The molecule has 0 aliphatic heterocycles. The second-order valence-electron chi connectivity index (χ2n) is 4.07. The fourth-order valence-electron chi connectivity index (χ4n) is 1.14. The largest absolute Gasteiger partial charge is 0.480 e. The minimum absolute atomic E-state index is 0.270. The van der Waals surface area contributed by atoms with Crippen LogP contribution in [0.25, 0.3) is 0 Å². The van der Waals surface area contributed by atoms with Gasteiger partial charge in [0.25, 0.3) is 0 Å². The lowest BCUT2D eigenvalue weighted by Gasteiger charge is -2.21. The topological polar surface area (TPSA) is 133 Å². The molecule has 0 fully saturated rings. The van der Waals surface area contributed by atoms with Crippen molar-refractivity contribution in [3.63, 3.8) is 0 Å². The van der Waals surface area contributed by atoms with E-state index < -0.39 is 36.5 Å². The Bertz CT molecular complexity index is 319. The van der Waals surface area contributed by atoms with Gasteiger partial charge in [-0.3, -0.25) is 4.79 Å². The number of urea groups is 1. The number of carboxylic acid groups (broad SMARTS) is 1. The molecule has 1 unspecified atom stereocenters. The third-order valence-electron chi connectivity index (χ3n) is 2.23. The summed E-state index contributed by atoms with van der Waals surface area (Å²) in [5.74, 6) is -2.14. The Hall–Kier alpha value is -1.83. The van der Waals surface area contributed by atoms with Gasteiger partial charge in [0, 0.05) is 13.6 Å². The Kier molecular flexibility index (Phi) is 6.73. The van der Waals surface area contributed by atoms with E-state index in [-0.39, 0.29) is 6.54 Å². The van der Waals surface area contributed by atoms with Crippen LogP contribution in [0.4, 0.5) is 4.79 Å². The smallest absolute Gasteiger partial charge is 0.326 e. The lowest BCUT2D eigenvalue weighted by Crippen LogP contribution is -2.48. The number of hydrogen-bond donors (Lipinski definition) is 4. The molecule has 0 saturated carbocycles. The van der Waals surface area contributed by atoms with Crippen molar-refractivity contribution in [2.45, 2.75) is 31.9 Å². The monoisotopic (exact) mass is 261 g/mol. The SMILES string of the molecule is CC(O)CCN(C)C(=O)N[C@H](CC(N)=O)C(=O)O. The standard InChI is InChI=1S/C10H19N3O5/c1-6(14)3-4-13(2)10(18)12-7(9(16)17)5-8(11)15/h6-7,14H,3-5H2,1-2H3,(H2,11,15)(H,12,18)(H,16,17)/t6?,7-/m1/s1. The molecule has 0 aromatic heterocycles. The van der Waals surface area contributed by atoms with Crippen molar-refractivity contribution < 1.29 is 24.6 Å². The molecule has 3 amide bonds. The zero-order valence-corrected chi connectivity index (χ0v) is 10.4. The maximum atomic E-state index is 11.6. The van der Waals surface area contributed by atoms with Crippen molar-refractivity contribution in [1.29, 1.82) is 0 Å². The lowest BCUT2D eigenvalue weighted by molar-refractivity contribution is -0.140. The van der Waals surface area contributed by atoms with Gasteiger partial charge in [-0.05, 0) is 13.3 Å². The summed E-state index contributed by atoms with van der Waals surface area (Å²) in [6, 6.07) is -1.98. The lowest BCUT2D eigenvalue weighted by atomic mass is 10.2. The number of rotatable bonds is 7. The Morgan fingerprint density at radius 2 is 1.94 bits per heavy atom. The third-order valence-corrected chi connectivity index (χ3v) is 2.23. The first-order valence-electron chi connectivity index (χ1n) is 5.44. The summed E-state index contributed by atoms with van der Waals surface area (Å²) < 4.78 is 0. The van der Waals surface area contributed by atoms with Gasteiger partial charge in [-0.15, -0.1) is 0 Å². The number of carbonyl (C=O) groups is 3. The third kappa shape index (κ3) is 6.69. The Balaban J connectivity index is 4.32. The molecule has 2 atom stereocenters. The number of primary amides is 1. The van der Waals surface area contributed by atoms with Gasteiger partial charge in [-0.25, -0.2) is 9.59 Å². The Morgan fingerprint density at radius 1 is 1.39 bits per heavy atom. The van der Waals surface area contributed by atoms with Gasteiger partial charge in [-0.1, -0.05) is 0 Å². The van der Waals surface area contributed by atoms with Crippen LogP contribution in [0.15, 0.2) is 0 Å². The van der Waals surface area contributed by atoms with Gasteiger partial charge in [-0.2, -0.15) is 0 Å². The molecular weight excluding hydrogens is 242 g/mol. The van der Waals surface area contributed by atoms with Crippen molar-refractivity contribution in [2.75, 3.05) is 13.6 Å². The number of amides is 3. The number of carboxylic acids is 1. The number of carbonyl (C=O) groups excluding carboxylic acids is 2. The molecule has 5 N–H and O–H groups in total. The first kappa shape index (κ1) is 16.2. The maximum absolute atomic E-state index is 11.6. The average Bonchev–Trinajstić information content (AvgIpc) is 2.23.